The molecule has 2 saturated carbocycles. The van der Waals surface area contributed by atoms with Crippen molar-refractivity contribution in [2.24, 2.45) is 17.3 Å². The lowest BCUT2D eigenvalue weighted by atomic mass is 9.51. The average molecular weight is 563 g/mol. The van der Waals surface area contributed by atoms with E-state index in [1.54, 1.807) is 5.57 Å². The monoisotopic (exact) mass is 562 g/mol. The second-order valence-corrected chi connectivity index (χ2v) is 18.4. The summed E-state index contributed by atoms with van der Waals surface area (Å²) in [6.45, 7) is 8.95. The predicted molar refractivity (Wildman–Crippen MR) is 160 cm³/mol. The van der Waals surface area contributed by atoms with Crippen LogP contribution in [0.1, 0.15) is 82.6 Å². The molecule has 1 heterocycles. The fourth-order valence-electron chi connectivity index (χ4n) is 8.89. The Kier molecular flexibility index (Phi) is 7.14. The average Bonchev–Trinajstić information content (AvgIpc) is 3.24. The van der Waals surface area contributed by atoms with E-state index in [0.29, 0.717) is 23.8 Å². The number of benzene rings is 1. The molecule has 0 spiro atoms. The van der Waals surface area contributed by atoms with Crippen molar-refractivity contribution in [1.29, 1.82) is 5.26 Å². The molecule has 3 fully saturated rings. The molecule has 0 bridgehead atoms. The lowest BCUT2D eigenvalue weighted by Crippen LogP contribution is -2.56. The lowest BCUT2D eigenvalue weighted by Gasteiger charge is -2.55. The first-order chi connectivity index (χ1) is 18.7. The Bertz CT molecular complexity index is 1240. The van der Waals surface area contributed by atoms with E-state index in [2.05, 4.69) is 55.3 Å². The number of hydrogen-bond acceptors (Lipinski definition) is 4. The number of fused-ring (bicyclic) bond motifs is 4. The number of nitrogens with zero attached hydrogens (tertiary/aromatic N) is 2. The molecule has 1 aromatic rings. The van der Waals surface area contributed by atoms with E-state index in [4.69, 9.17) is 16.0 Å². The number of anilines is 1. The third-order valence-electron chi connectivity index (χ3n) is 10.8. The van der Waals surface area contributed by atoms with Crippen LogP contribution in [0.15, 0.2) is 47.1 Å². The second kappa shape index (κ2) is 10.2. The van der Waals surface area contributed by atoms with Crippen molar-refractivity contribution in [2.75, 3.05) is 23.5 Å². The third kappa shape index (κ3) is 4.55. The number of nitriles is 1. The maximum absolute atomic E-state index is 12.4. The van der Waals surface area contributed by atoms with Crippen LogP contribution in [0.3, 0.4) is 0 Å². The zero-order valence-corrected chi connectivity index (χ0v) is 25.7. The summed E-state index contributed by atoms with van der Waals surface area (Å²) < 4.78 is 6.91. The summed E-state index contributed by atoms with van der Waals surface area (Å²) in [5.41, 5.74) is 6.48. The smallest absolute Gasteiger partial charge is 0.203 e. The van der Waals surface area contributed by atoms with Crippen LogP contribution in [0.25, 0.3) is 0 Å². The molecule has 0 N–H and O–H groups in total. The van der Waals surface area contributed by atoms with E-state index in [0.717, 1.165) is 51.6 Å². The van der Waals surface area contributed by atoms with E-state index in [9.17, 15) is 10.1 Å². The molecule has 208 valence electrons. The summed E-state index contributed by atoms with van der Waals surface area (Å²) in [5.74, 6) is 1.38. The van der Waals surface area contributed by atoms with E-state index in [-0.39, 0.29) is 17.1 Å². The minimum atomic E-state index is -2.19. The quantitative estimate of drug-likeness (QED) is 0.271. The molecule has 6 heteroatoms. The van der Waals surface area contributed by atoms with Crippen LogP contribution >= 0.6 is 11.6 Å². The molecule has 1 saturated heterocycles. The van der Waals surface area contributed by atoms with Crippen molar-refractivity contribution in [3.05, 3.63) is 52.6 Å². The Balaban J connectivity index is 1.44. The number of ketones is 1. The normalized spacial score (nSPS) is 34.6. The maximum atomic E-state index is 12.4. The van der Waals surface area contributed by atoms with Crippen LogP contribution in [-0.4, -0.2) is 38.3 Å². The molecule has 1 aliphatic heterocycles. The number of halogens is 1. The molecule has 4 aliphatic carbocycles. The molecule has 5 aliphatic rings. The number of allylic oxidation sites excluding steroid dienone is 4. The Labute approximate surface area is 240 Å². The summed E-state index contributed by atoms with van der Waals surface area (Å²) in [5, 5.41) is 10.8. The van der Waals surface area contributed by atoms with Crippen LogP contribution in [0.5, 0.6) is 0 Å². The Morgan fingerprint density at radius 3 is 2.54 bits per heavy atom. The number of alkyl halides is 1. The molecule has 0 radical (unpaired) electrons. The van der Waals surface area contributed by atoms with Crippen molar-refractivity contribution in [3.63, 3.8) is 0 Å². The molecule has 5 atom stereocenters. The van der Waals surface area contributed by atoms with Gasteiger partial charge in [0.05, 0.1) is 6.07 Å². The lowest BCUT2D eigenvalue weighted by molar-refractivity contribution is -0.114. The number of carbonyl (C=O) groups is 1. The first-order valence-corrected chi connectivity index (χ1v) is 18.8. The number of hydrogen-bond donors (Lipinski definition) is 0. The van der Waals surface area contributed by atoms with Gasteiger partial charge in [0, 0.05) is 42.0 Å². The van der Waals surface area contributed by atoms with Crippen molar-refractivity contribution in [3.8, 4) is 6.07 Å². The van der Waals surface area contributed by atoms with E-state index in [1.807, 2.05) is 6.08 Å². The van der Waals surface area contributed by atoms with Crippen molar-refractivity contribution >= 4 is 31.4 Å². The molecular weight excluding hydrogens is 520 g/mol. The summed E-state index contributed by atoms with van der Waals surface area (Å²) in [4.78, 5) is 14.9. The van der Waals surface area contributed by atoms with Gasteiger partial charge in [-0.15, -0.1) is 11.6 Å². The zero-order chi connectivity index (χ0) is 27.4. The standard InChI is InChI=1S/C33H43ClN2O2Si/c1-32-20-29(23-7-10-25(11-8-23)36-17-5-4-6-18-36)31-27-14-12-26(37)19-24(27)9-13-28(31)30(32)15-16-33(32,21-35)38-39(2,3)22-34/h7-8,10-11,19,28-30H,4-6,9,12-18,20,22H2,1-3H3/t28-,29+,30-,32-,33-/m0/s1. The molecule has 0 unspecified atom stereocenters. The van der Waals surface area contributed by atoms with Crippen LogP contribution in [0.2, 0.25) is 13.1 Å². The van der Waals surface area contributed by atoms with Crippen molar-refractivity contribution in [2.45, 2.75) is 95.7 Å². The van der Waals surface area contributed by atoms with Gasteiger partial charge >= 0.3 is 0 Å². The van der Waals surface area contributed by atoms with E-state index < -0.39 is 13.9 Å². The zero-order valence-electron chi connectivity index (χ0n) is 23.9. The Morgan fingerprint density at radius 2 is 1.85 bits per heavy atom. The second-order valence-electron chi connectivity index (χ2n) is 13.6. The summed E-state index contributed by atoms with van der Waals surface area (Å²) in [6, 6.07) is 12.1. The highest BCUT2D eigenvalue weighted by Crippen LogP contribution is 2.67. The number of rotatable bonds is 5. The molecule has 0 amide bonds. The van der Waals surface area contributed by atoms with Crippen LogP contribution < -0.4 is 4.90 Å². The highest BCUT2D eigenvalue weighted by atomic mass is 35.5. The van der Waals surface area contributed by atoms with Gasteiger partial charge in [-0.2, -0.15) is 5.26 Å². The van der Waals surface area contributed by atoms with Crippen LogP contribution in [0.4, 0.5) is 5.69 Å². The van der Waals surface area contributed by atoms with E-state index >= 15 is 0 Å². The van der Waals surface area contributed by atoms with Gasteiger partial charge in [-0.1, -0.05) is 24.6 Å². The molecule has 6 rings (SSSR count). The van der Waals surface area contributed by atoms with Gasteiger partial charge in [-0.05, 0) is 118 Å². The Morgan fingerprint density at radius 1 is 1.10 bits per heavy atom. The number of carbonyl (C=O) groups excluding carboxylic acids is 1. The van der Waals surface area contributed by atoms with Gasteiger partial charge in [-0.25, -0.2) is 0 Å². The molecule has 1 aromatic carbocycles. The topological polar surface area (TPSA) is 53.3 Å². The number of piperidine rings is 1. The summed E-state index contributed by atoms with van der Waals surface area (Å²) in [7, 11) is -2.19. The first kappa shape index (κ1) is 27.3. The predicted octanol–water partition coefficient (Wildman–Crippen LogP) is 7.84. The van der Waals surface area contributed by atoms with Crippen molar-refractivity contribution < 1.29 is 9.22 Å². The van der Waals surface area contributed by atoms with Crippen LogP contribution in [-0.2, 0) is 9.22 Å². The fraction of sp³-hybridized carbons (Fsp3) is 0.636. The molecule has 4 nitrogen and oxygen atoms in total. The summed E-state index contributed by atoms with van der Waals surface area (Å²) in [6.07, 6.45) is 12.1. The largest absolute Gasteiger partial charge is 0.398 e. The van der Waals surface area contributed by atoms with Gasteiger partial charge in [0.1, 0.15) is 5.60 Å². The SMILES string of the molecule is C[C@]12C[C@H](c3ccc(N4CCCCC4)cc3)C3=C4CCC(=O)C=C4CC[C@H]3[C@@H]1CC[C@@]2(C#N)O[Si](C)(C)CCl. The molecule has 0 aromatic heterocycles. The highest BCUT2D eigenvalue weighted by molar-refractivity contribution is 6.77. The van der Waals surface area contributed by atoms with Gasteiger partial charge in [0.2, 0.25) is 8.32 Å². The fourth-order valence-corrected chi connectivity index (χ4v) is 10.4. The van der Waals surface area contributed by atoms with Gasteiger partial charge in [-0.3, -0.25) is 4.79 Å². The molecule has 39 heavy (non-hydrogen) atoms. The summed E-state index contributed by atoms with van der Waals surface area (Å²) >= 11 is 6.40. The van der Waals surface area contributed by atoms with Gasteiger partial charge < -0.3 is 9.33 Å². The highest BCUT2D eigenvalue weighted by Gasteiger charge is 2.65. The van der Waals surface area contributed by atoms with Crippen molar-refractivity contribution in [1.82, 2.24) is 0 Å². The van der Waals surface area contributed by atoms with Crippen LogP contribution in [0, 0.1) is 28.6 Å². The maximum Gasteiger partial charge on any atom is 0.203 e. The van der Waals surface area contributed by atoms with E-state index in [1.165, 1.54) is 41.7 Å². The molecular formula is C33H43ClN2O2Si. The third-order valence-corrected chi connectivity index (χ3v) is 14.3. The van der Waals surface area contributed by atoms with Gasteiger partial charge in [0.25, 0.3) is 0 Å². The minimum absolute atomic E-state index is 0.241. The minimum Gasteiger partial charge on any atom is -0.398 e. The Hall–Kier alpha value is -1.87. The van der Waals surface area contributed by atoms with Gasteiger partial charge in [0.15, 0.2) is 5.78 Å². The first-order valence-electron chi connectivity index (χ1n) is 15.2.